The Labute approximate surface area is 159 Å². The maximum absolute atomic E-state index is 12.2. The number of aliphatic imine (C=N–C) groups is 1. The molecule has 3 rings (SSSR count). The van der Waals surface area contributed by atoms with Crippen molar-refractivity contribution >= 4 is 12.2 Å². The van der Waals surface area contributed by atoms with Gasteiger partial charge in [0.2, 0.25) is 0 Å². The van der Waals surface area contributed by atoms with E-state index in [1.54, 1.807) is 13.3 Å². The van der Waals surface area contributed by atoms with Gasteiger partial charge in [-0.1, -0.05) is 31.7 Å². The van der Waals surface area contributed by atoms with Crippen molar-refractivity contribution in [1.82, 2.24) is 0 Å². The highest BCUT2D eigenvalue weighted by Crippen LogP contribution is 2.44. The highest BCUT2D eigenvalue weighted by Gasteiger charge is 2.33. The number of para-hydroxylation sites is 1. The minimum atomic E-state index is -0.461. The summed E-state index contributed by atoms with van der Waals surface area (Å²) in [4.78, 5) is 16.6. The molecule has 1 aliphatic rings. The molecule has 140 valence electrons. The van der Waals surface area contributed by atoms with Gasteiger partial charge in [0.1, 0.15) is 17.2 Å². The number of rotatable bonds is 5. The van der Waals surface area contributed by atoms with Gasteiger partial charge in [-0.15, -0.1) is 0 Å². The fourth-order valence-electron chi connectivity index (χ4n) is 3.36. The van der Waals surface area contributed by atoms with Gasteiger partial charge in [0.05, 0.1) is 19.2 Å². The molecule has 0 aliphatic carbocycles. The summed E-state index contributed by atoms with van der Waals surface area (Å²) in [6.45, 7) is 8.06. The first-order valence-electron chi connectivity index (χ1n) is 8.87. The number of carbonyl (C=O) groups excluding carboxylic acids is 1. The highest BCUT2D eigenvalue weighted by atomic mass is 16.5. The number of phenols is 1. The SMILES string of the molecule is C=C1C(=O)Oc2c(cc(C)c(O)c2C=NCc2ccccc2OC)[C@H]1CC. The molecule has 0 radical (unpaired) electrons. The lowest BCUT2D eigenvalue weighted by molar-refractivity contribution is -0.131. The van der Waals surface area contributed by atoms with Crippen LogP contribution in [0.25, 0.3) is 0 Å². The smallest absolute Gasteiger partial charge is 0.339 e. The molecule has 0 saturated heterocycles. The molecular formula is C22H23NO4. The molecule has 5 heteroatoms. The third-order valence-corrected chi connectivity index (χ3v) is 4.84. The van der Waals surface area contributed by atoms with Gasteiger partial charge in [0.25, 0.3) is 0 Å². The van der Waals surface area contributed by atoms with Crippen LogP contribution in [0.15, 0.2) is 47.5 Å². The van der Waals surface area contributed by atoms with Crippen molar-refractivity contribution in [2.75, 3.05) is 7.11 Å². The molecule has 0 spiro atoms. The lowest BCUT2D eigenvalue weighted by atomic mass is 9.84. The van der Waals surface area contributed by atoms with Crippen LogP contribution >= 0.6 is 0 Å². The largest absolute Gasteiger partial charge is 0.507 e. The standard InChI is InChI=1S/C22H23NO4/c1-5-16-14(3)22(25)27-21-17(16)10-13(2)20(24)18(21)12-23-11-15-8-6-7-9-19(15)26-4/h6-10,12,16,24H,3,5,11H2,1-2,4H3/t16-/m0/s1. The molecule has 0 aromatic heterocycles. The van der Waals surface area contributed by atoms with Gasteiger partial charge in [-0.2, -0.15) is 0 Å². The molecule has 0 amide bonds. The average Bonchev–Trinajstić information content (AvgIpc) is 2.67. The zero-order valence-electron chi connectivity index (χ0n) is 15.8. The molecule has 2 aromatic carbocycles. The monoisotopic (exact) mass is 365 g/mol. The summed E-state index contributed by atoms with van der Waals surface area (Å²) in [6, 6.07) is 9.47. The molecule has 1 aliphatic heterocycles. The second-order valence-corrected chi connectivity index (χ2v) is 6.53. The van der Waals surface area contributed by atoms with E-state index in [4.69, 9.17) is 9.47 Å². The first-order valence-corrected chi connectivity index (χ1v) is 8.87. The summed E-state index contributed by atoms with van der Waals surface area (Å²) in [6.07, 6.45) is 2.28. The quantitative estimate of drug-likeness (QED) is 0.371. The molecular weight excluding hydrogens is 342 g/mol. The van der Waals surface area contributed by atoms with Gasteiger partial charge in [-0.05, 0) is 31.0 Å². The van der Waals surface area contributed by atoms with Crippen LogP contribution in [0.4, 0.5) is 0 Å². The normalized spacial score (nSPS) is 16.3. The number of aryl methyl sites for hydroxylation is 1. The van der Waals surface area contributed by atoms with Crippen LogP contribution in [0, 0.1) is 6.92 Å². The average molecular weight is 365 g/mol. The van der Waals surface area contributed by atoms with Gasteiger partial charge in [0, 0.05) is 28.8 Å². The maximum atomic E-state index is 12.2. The van der Waals surface area contributed by atoms with Crippen LogP contribution in [-0.2, 0) is 11.3 Å². The molecule has 0 unspecified atom stereocenters. The summed E-state index contributed by atoms with van der Waals surface area (Å²) < 4.78 is 10.8. The van der Waals surface area contributed by atoms with Crippen LogP contribution in [-0.4, -0.2) is 24.4 Å². The first kappa shape index (κ1) is 18.7. The predicted molar refractivity (Wildman–Crippen MR) is 105 cm³/mol. The summed E-state index contributed by atoms with van der Waals surface area (Å²) in [7, 11) is 1.61. The Morgan fingerprint density at radius 2 is 2.11 bits per heavy atom. The Morgan fingerprint density at radius 1 is 1.37 bits per heavy atom. The van der Waals surface area contributed by atoms with Crippen molar-refractivity contribution in [2.24, 2.45) is 4.99 Å². The minimum Gasteiger partial charge on any atom is -0.507 e. The molecule has 0 bridgehead atoms. The number of methoxy groups -OCH3 is 1. The Balaban J connectivity index is 2.01. The maximum Gasteiger partial charge on any atom is 0.339 e. The van der Waals surface area contributed by atoms with Crippen LogP contribution in [0.5, 0.6) is 17.2 Å². The number of ether oxygens (including phenoxy) is 2. The van der Waals surface area contributed by atoms with Gasteiger partial charge < -0.3 is 14.6 Å². The minimum absolute atomic E-state index is 0.0627. The Hall–Kier alpha value is -3.08. The van der Waals surface area contributed by atoms with E-state index in [1.165, 1.54) is 0 Å². The Bertz CT molecular complexity index is 930. The number of hydrogen-bond donors (Lipinski definition) is 1. The number of esters is 1. The summed E-state index contributed by atoms with van der Waals surface area (Å²) in [5.74, 6) is 0.594. The molecule has 1 N–H and O–H groups in total. The van der Waals surface area contributed by atoms with Crippen LogP contribution in [0.1, 0.15) is 41.5 Å². The van der Waals surface area contributed by atoms with Crippen LogP contribution < -0.4 is 9.47 Å². The van der Waals surface area contributed by atoms with E-state index in [-0.39, 0.29) is 11.7 Å². The lowest BCUT2D eigenvalue weighted by Crippen LogP contribution is -2.24. The van der Waals surface area contributed by atoms with Crippen molar-refractivity contribution in [2.45, 2.75) is 32.7 Å². The van der Waals surface area contributed by atoms with Gasteiger partial charge in [-0.25, -0.2) is 4.79 Å². The number of phenolic OH excluding ortho intramolecular Hbond substituents is 1. The van der Waals surface area contributed by atoms with E-state index in [2.05, 4.69) is 11.6 Å². The van der Waals surface area contributed by atoms with Gasteiger partial charge in [0.15, 0.2) is 0 Å². The van der Waals surface area contributed by atoms with E-state index in [9.17, 15) is 9.90 Å². The third-order valence-electron chi connectivity index (χ3n) is 4.84. The Morgan fingerprint density at radius 3 is 2.81 bits per heavy atom. The summed E-state index contributed by atoms with van der Waals surface area (Å²) in [5, 5.41) is 10.5. The van der Waals surface area contributed by atoms with E-state index in [0.717, 1.165) is 23.3 Å². The Kier molecular flexibility index (Phi) is 5.31. The lowest BCUT2D eigenvalue weighted by Gasteiger charge is -2.27. The number of aromatic hydroxyl groups is 1. The number of hydrogen-bond acceptors (Lipinski definition) is 5. The fourth-order valence-corrected chi connectivity index (χ4v) is 3.36. The van der Waals surface area contributed by atoms with Crippen LogP contribution in [0.2, 0.25) is 0 Å². The topological polar surface area (TPSA) is 68.1 Å². The number of fused-ring (bicyclic) bond motifs is 1. The van der Waals surface area contributed by atoms with Gasteiger partial charge >= 0.3 is 5.97 Å². The van der Waals surface area contributed by atoms with Gasteiger partial charge in [-0.3, -0.25) is 4.99 Å². The van der Waals surface area contributed by atoms with Crippen molar-refractivity contribution in [3.63, 3.8) is 0 Å². The summed E-state index contributed by atoms with van der Waals surface area (Å²) in [5.41, 5.74) is 3.34. The van der Waals surface area contributed by atoms with E-state index >= 15 is 0 Å². The molecule has 0 saturated carbocycles. The van der Waals surface area contributed by atoms with Crippen molar-refractivity contribution in [1.29, 1.82) is 0 Å². The predicted octanol–water partition coefficient (Wildman–Crippen LogP) is 4.30. The fraction of sp³-hybridized carbons (Fsp3) is 0.273. The number of nitrogens with zero attached hydrogens (tertiary/aromatic N) is 1. The number of carbonyl (C=O) groups is 1. The molecule has 5 nitrogen and oxygen atoms in total. The molecule has 0 fully saturated rings. The summed E-state index contributed by atoms with van der Waals surface area (Å²) >= 11 is 0. The zero-order chi connectivity index (χ0) is 19.6. The van der Waals surface area contributed by atoms with E-state index in [0.29, 0.717) is 29.0 Å². The second kappa shape index (κ2) is 7.66. The molecule has 1 heterocycles. The molecule has 27 heavy (non-hydrogen) atoms. The van der Waals surface area contributed by atoms with Crippen LogP contribution in [0.3, 0.4) is 0 Å². The van der Waals surface area contributed by atoms with Crippen molar-refractivity contribution in [3.05, 3.63) is 64.7 Å². The molecule has 1 atom stereocenters. The number of benzene rings is 2. The molecule has 2 aromatic rings. The van der Waals surface area contributed by atoms with Crippen molar-refractivity contribution in [3.8, 4) is 17.2 Å². The van der Waals surface area contributed by atoms with Crippen molar-refractivity contribution < 1.29 is 19.4 Å². The zero-order valence-corrected chi connectivity index (χ0v) is 15.8. The highest BCUT2D eigenvalue weighted by molar-refractivity contribution is 5.98. The third kappa shape index (κ3) is 3.45. The second-order valence-electron chi connectivity index (χ2n) is 6.53. The van der Waals surface area contributed by atoms with E-state index in [1.807, 2.05) is 44.2 Å². The first-order chi connectivity index (χ1) is 13.0. The van der Waals surface area contributed by atoms with E-state index < -0.39 is 5.97 Å².